The maximum absolute atomic E-state index is 12.0. The van der Waals surface area contributed by atoms with Gasteiger partial charge in [0.15, 0.2) is 5.76 Å². The van der Waals surface area contributed by atoms with Crippen LogP contribution in [0.1, 0.15) is 30.3 Å². The number of rotatable bonds is 5. The Labute approximate surface area is 141 Å². The fraction of sp³-hybridized carbons (Fsp3) is 0.706. The van der Waals surface area contributed by atoms with Gasteiger partial charge in [-0.2, -0.15) is 0 Å². The van der Waals surface area contributed by atoms with Crippen molar-refractivity contribution in [3.8, 4) is 0 Å². The average molecular weight is 338 g/mol. The number of furan rings is 1. The second-order valence-corrected chi connectivity index (χ2v) is 6.78. The van der Waals surface area contributed by atoms with Crippen molar-refractivity contribution in [2.24, 2.45) is 5.92 Å². The van der Waals surface area contributed by atoms with Gasteiger partial charge in [-0.15, -0.1) is 0 Å². The van der Waals surface area contributed by atoms with E-state index in [1.807, 2.05) is 0 Å². The molecule has 134 valence electrons. The summed E-state index contributed by atoms with van der Waals surface area (Å²) in [6.07, 6.45) is 1.89. The second-order valence-electron chi connectivity index (χ2n) is 6.78. The Kier molecular flexibility index (Phi) is 5.55. The van der Waals surface area contributed by atoms with Gasteiger partial charge in [0, 0.05) is 6.54 Å². The predicted molar refractivity (Wildman–Crippen MR) is 86.6 cm³/mol. The van der Waals surface area contributed by atoms with E-state index in [2.05, 4.69) is 17.1 Å². The zero-order valence-corrected chi connectivity index (χ0v) is 13.9. The van der Waals surface area contributed by atoms with Crippen molar-refractivity contribution in [3.05, 3.63) is 24.2 Å². The number of piperidine rings is 1. The summed E-state index contributed by atoms with van der Waals surface area (Å²) in [6, 6.07) is 3.04. The van der Waals surface area contributed by atoms with Gasteiger partial charge in [-0.3, -0.25) is 9.69 Å². The summed E-state index contributed by atoms with van der Waals surface area (Å²) in [5.41, 5.74) is 0. The lowest BCUT2D eigenvalue weighted by Gasteiger charge is -2.38. The third-order valence-electron chi connectivity index (χ3n) is 5.09. The van der Waals surface area contributed by atoms with Crippen LogP contribution in [0.2, 0.25) is 0 Å². The largest absolute Gasteiger partial charge is 0.459 e. The molecule has 3 rings (SSSR count). The molecule has 0 radical (unpaired) electrons. The third-order valence-corrected chi connectivity index (χ3v) is 5.09. The molecule has 3 heterocycles. The smallest absolute Gasteiger partial charge is 0.287 e. The van der Waals surface area contributed by atoms with E-state index in [0.717, 1.165) is 25.9 Å². The molecule has 7 nitrogen and oxygen atoms in total. The molecule has 2 fully saturated rings. The summed E-state index contributed by atoms with van der Waals surface area (Å²) >= 11 is 0. The van der Waals surface area contributed by atoms with Gasteiger partial charge in [-0.25, -0.2) is 0 Å². The highest BCUT2D eigenvalue weighted by Crippen LogP contribution is 2.29. The number of aliphatic hydroxyl groups excluding tert-OH is 2. The molecule has 2 saturated heterocycles. The minimum absolute atomic E-state index is 0.216. The first kappa shape index (κ1) is 17.4. The van der Waals surface area contributed by atoms with Crippen LogP contribution in [0.3, 0.4) is 0 Å². The van der Waals surface area contributed by atoms with E-state index in [4.69, 9.17) is 9.15 Å². The highest BCUT2D eigenvalue weighted by Gasteiger charge is 2.46. The Morgan fingerprint density at radius 3 is 2.75 bits per heavy atom. The van der Waals surface area contributed by atoms with Crippen LogP contribution >= 0.6 is 0 Å². The number of amides is 1. The molecule has 3 N–H and O–H groups in total. The van der Waals surface area contributed by atoms with Crippen LogP contribution in [0.5, 0.6) is 0 Å². The van der Waals surface area contributed by atoms with E-state index in [1.165, 1.54) is 6.26 Å². The third kappa shape index (κ3) is 3.64. The standard InChI is InChI=1S/C17H26N2O5/c1-11-4-6-19(7-5-11)15-13(24-14(10-20)16(15)21)9-18-17(22)12-3-2-8-23-12/h2-3,8,11,13-16,20-21H,4-7,9-10H2,1H3,(H,18,22)/t13-,14+,15+,16-/m1/s1. The van der Waals surface area contributed by atoms with E-state index < -0.39 is 12.2 Å². The number of nitrogens with one attached hydrogen (secondary N) is 1. The van der Waals surface area contributed by atoms with Crippen molar-refractivity contribution in [1.29, 1.82) is 0 Å². The topological polar surface area (TPSA) is 95.2 Å². The lowest BCUT2D eigenvalue weighted by Crippen LogP contribution is -2.53. The number of carbonyl (C=O) groups is 1. The first-order chi connectivity index (χ1) is 11.6. The normalized spacial score (nSPS) is 32.1. The summed E-state index contributed by atoms with van der Waals surface area (Å²) in [5.74, 6) is 0.624. The highest BCUT2D eigenvalue weighted by atomic mass is 16.5. The lowest BCUT2D eigenvalue weighted by molar-refractivity contribution is -0.0209. The first-order valence-electron chi connectivity index (χ1n) is 8.60. The van der Waals surface area contributed by atoms with E-state index >= 15 is 0 Å². The molecule has 0 bridgehead atoms. The van der Waals surface area contributed by atoms with Crippen molar-refractivity contribution < 1.29 is 24.2 Å². The van der Waals surface area contributed by atoms with Gasteiger partial charge in [0.1, 0.15) is 12.2 Å². The van der Waals surface area contributed by atoms with Crippen LogP contribution in [0.15, 0.2) is 22.8 Å². The van der Waals surface area contributed by atoms with Crippen molar-refractivity contribution in [1.82, 2.24) is 10.2 Å². The maximum Gasteiger partial charge on any atom is 0.287 e. The molecule has 0 saturated carbocycles. The van der Waals surface area contributed by atoms with Crippen LogP contribution in [0.25, 0.3) is 0 Å². The van der Waals surface area contributed by atoms with Gasteiger partial charge in [0.25, 0.3) is 5.91 Å². The van der Waals surface area contributed by atoms with E-state index in [1.54, 1.807) is 12.1 Å². The molecule has 0 spiro atoms. The Balaban J connectivity index is 1.63. The van der Waals surface area contributed by atoms with Crippen LogP contribution < -0.4 is 5.32 Å². The fourth-order valence-electron chi connectivity index (χ4n) is 3.61. The summed E-state index contributed by atoms with van der Waals surface area (Å²) < 4.78 is 10.9. The van der Waals surface area contributed by atoms with Crippen molar-refractivity contribution in [2.75, 3.05) is 26.2 Å². The zero-order chi connectivity index (χ0) is 17.1. The second kappa shape index (κ2) is 7.65. The van der Waals surface area contributed by atoms with E-state index in [-0.39, 0.29) is 37.0 Å². The van der Waals surface area contributed by atoms with Gasteiger partial charge >= 0.3 is 0 Å². The molecular weight excluding hydrogens is 312 g/mol. The van der Waals surface area contributed by atoms with Gasteiger partial charge in [0.05, 0.1) is 25.0 Å². The van der Waals surface area contributed by atoms with Gasteiger partial charge in [-0.05, 0) is 44.0 Å². The lowest BCUT2D eigenvalue weighted by atomic mass is 9.94. The molecule has 1 aromatic rings. The number of nitrogens with zero attached hydrogens (tertiary/aromatic N) is 1. The number of carbonyl (C=O) groups excluding carboxylic acids is 1. The Morgan fingerprint density at radius 1 is 1.38 bits per heavy atom. The molecule has 0 aliphatic carbocycles. The Bertz CT molecular complexity index is 527. The van der Waals surface area contributed by atoms with Gasteiger partial charge in [0.2, 0.25) is 0 Å². The van der Waals surface area contributed by atoms with Gasteiger partial charge < -0.3 is 24.7 Å². The van der Waals surface area contributed by atoms with Crippen molar-refractivity contribution in [3.63, 3.8) is 0 Å². The monoisotopic (exact) mass is 338 g/mol. The molecule has 1 aromatic heterocycles. The number of hydrogen-bond donors (Lipinski definition) is 3. The number of likely N-dealkylation sites (tertiary alicyclic amines) is 1. The molecule has 24 heavy (non-hydrogen) atoms. The molecular formula is C17H26N2O5. The highest BCUT2D eigenvalue weighted by molar-refractivity contribution is 5.91. The van der Waals surface area contributed by atoms with Crippen LogP contribution in [0.4, 0.5) is 0 Å². The summed E-state index contributed by atoms with van der Waals surface area (Å²) in [5, 5.41) is 22.8. The summed E-state index contributed by atoms with van der Waals surface area (Å²) in [4.78, 5) is 14.3. The molecule has 1 amide bonds. The van der Waals surface area contributed by atoms with Crippen LogP contribution in [-0.4, -0.2) is 71.6 Å². The maximum atomic E-state index is 12.0. The molecule has 0 aromatic carbocycles. The molecule has 2 aliphatic rings. The van der Waals surface area contributed by atoms with Crippen LogP contribution in [0, 0.1) is 5.92 Å². The molecule has 4 atom stereocenters. The molecule has 7 heteroatoms. The van der Waals surface area contributed by atoms with E-state index in [0.29, 0.717) is 5.92 Å². The van der Waals surface area contributed by atoms with Gasteiger partial charge in [-0.1, -0.05) is 6.92 Å². The van der Waals surface area contributed by atoms with E-state index in [9.17, 15) is 15.0 Å². The molecule has 0 unspecified atom stereocenters. The number of ether oxygens (including phenoxy) is 1. The summed E-state index contributed by atoms with van der Waals surface area (Å²) in [6.45, 7) is 4.06. The Morgan fingerprint density at radius 2 is 2.12 bits per heavy atom. The quantitative estimate of drug-likeness (QED) is 0.711. The Hall–Kier alpha value is -1.41. The number of hydrogen-bond acceptors (Lipinski definition) is 6. The summed E-state index contributed by atoms with van der Waals surface area (Å²) in [7, 11) is 0. The number of aliphatic hydroxyl groups is 2. The van der Waals surface area contributed by atoms with Crippen LogP contribution in [-0.2, 0) is 4.74 Å². The molecule has 2 aliphatic heterocycles. The van der Waals surface area contributed by atoms with Crippen molar-refractivity contribution >= 4 is 5.91 Å². The fourth-order valence-corrected chi connectivity index (χ4v) is 3.61. The minimum atomic E-state index is -0.756. The van der Waals surface area contributed by atoms with Crippen molar-refractivity contribution in [2.45, 2.75) is 44.1 Å². The zero-order valence-electron chi connectivity index (χ0n) is 13.9. The average Bonchev–Trinajstić information content (AvgIpc) is 3.22. The SMILES string of the molecule is CC1CCN([C@@H]2[C@H](O)[C@H](CO)O[C@@H]2CNC(=O)c2ccco2)CC1. The first-order valence-corrected chi connectivity index (χ1v) is 8.60. The minimum Gasteiger partial charge on any atom is -0.459 e. The predicted octanol–water partition coefficient (Wildman–Crippen LogP) is 0.231.